The summed E-state index contributed by atoms with van der Waals surface area (Å²) in [6.45, 7) is 0. The number of hydrogen-bond acceptors (Lipinski definition) is 5. The number of halogens is 1. The number of anilines is 1. The first kappa shape index (κ1) is 11.8. The van der Waals surface area contributed by atoms with Crippen molar-refractivity contribution in [3.05, 3.63) is 16.7 Å². The molecule has 0 spiro atoms. The third-order valence-electron chi connectivity index (χ3n) is 2.18. The predicted octanol–water partition coefficient (Wildman–Crippen LogP) is -0.0445. The number of aliphatic carboxylic acids is 1. The van der Waals surface area contributed by atoms with E-state index >= 15 is 0 Å². The standard InChI is InChI=1S/C9H8BrN3O4/c10-3-1-4-7(12-2-3)13-8(14)6(17-4)5(11)9(15)16/h1-2,5-6H,11H2,(H,15,16)(H,12,13,14). The topological polar surface area (TPSA) is 115 Å². The highest BCUT2D eigenvalue weighted by Crippen LogP contribution is 2.30. The highest BCUT2D eigenvalue weighted by molar-refractivity contribution is 9.10. The molecule has 2 rings (SSSR count). The zero-order chi connectivity index (χ0) is 12.6. The van der Waals surface area contributed by atoms with Gasteiger partial charge in [0.15, 0.2) is 11.6 Å². The number of nitrogens with zero attached hydrogens (tertiary/aromatic N) is 1. The van der Waals surface area contributed by atoms with Crippen molar-refractivity contribution < 1.29 is 19.4 Å². The van der Waals surface area contributed by atoms with E-state index in [1.165, 1.54) is 6.20 Å². The van der Waals surface area contributed by atoms with Crippen LogP contribution < -0.4 is 15.8 Å². The molecule has 17 heavy (non-hydrogen) atoms. The lowest BCUT2D eigenvalue weighted by molar-refractivity contribution is -0.144. The maximum Gasteiger partial charge on any atom is 0.324 e. The number of fused-ring (bicyclic) bond motifs is 1. The normalized spacial score (nSPS) is 19.9. The number of nitrogens with one attached hydrogen (secondary N) is 1. The minimum Gasteiger partial charge on any atom is -0.480 e. The zero-order valence-corrected chi connectivity index (χ0v) is 9.97. The molecule has 1 aromatic heterocycles. The number of carbonyl (C=O) groups is 2. The molecule has 4 N–H and O–H groups in total. The fraction of sp³-hybridized carbons (Fsp3) is 0.222. The van der Waals surface area contributed by atoms with Crippen LogP contribution in [0.25, 0.3) is 0 Å². The Morgan fingerprint density at radius 1 is 1.71 bits per heavy atom. The second-order valence-corrected chi connectivity index (χ2v) is 4.31. The average molecular weight is 302 g/mol. The van der Waals surface area contributed by atoms with Crippen molar-refractivity contribution in [2.24, 2.45) is 5.73 Å². The number of pyridine rings is 1. The number of carboxylic acid groups (broad SMARTS) is 1. The molecule has 2 atom stereocenters. The van der Waals surface area contributed by atoms with Gasteiger partial charge in [0.25, 0.3) is 5.91 Å². The van der Waals surface area contributed by atoms with Crippen LogP contribution in [0.4, 0.5) is 5.82 Å². The van der Waals surface area contributed by atoms with E-state index in [0.29, 0.717) is 4.47 Å². The van der Waals surface area contributed by atoms with Crippen molar-refractivity contribution >= 4 is 33.6 Å². The molecule has 8 heteroatoms. The van der Waals surface area contributed by atoms with Gasteiger partial charge in [0, 0.05) is 10.7 Å². The summed E-state index contributed by atoms with van der Waals surface area (Å²) in [5.41, 5.74) is 5.36. The third kappa shape index (κ3) is 2.22. The second-order valence-electron chi connectivity index (χ2n) is 3.39. The number of hydrogen-bond donors (Lipinski definition) is 3. The van der Waals surface area contributed by atoms with Gasteiger partial charge >= 0.3 is 5.97 Å². The SMILES string of the molecule is NC(C(=O)O)C1Oc2cc(Br)cnc2NC1=O. The lowest BCUT2D eigenvalue weighted by atomic mass is 10.1. The van der Waals surface area contributed by atoms with Crippen LogP contribution in [-0.4, -0.2) is 34.1 Å². The van der Waals surface area contributed by atoms with Gasteiger partial charge < -0.3 is 20.9 Å². The van der Waals surface area contributed by atoms with E-state index in [2.05, 4.69) is 26.2 Å². The monoisotopic (exact) mass is 301 g/mol. The van der Waals surface area contributed by atoms with Crippen molar-refractivity contribution in [3.8, 4) is 5.75 Å². The second kappa shape index (κ2) is 4.30. The van der Waals surface area contributed by atoms with E-state index < -0.39 is 24.0 Å². The maximum atomic E-state index is 11.6. The van der Waals surface area contributed by atoms with Gasteiger partial charge in [0.1, 0.15) is 6.04 Å². The van der Waals surface area contributed by atoms with Gasteiger partial charge in [0.2, 0.25) is 6.10 Å². The summed E-state index contributed by atoms with van der Waals surface area (Å²) in [5, 5.41) is 11.2. The third-order valence-corrected chi connectivity index (χ3v) is 2.62. The number of ether oxygens (including phenoxy) is 1. The molecule has 2 heterocycles. The molecule has 0 radical (unpaired) electrons. The number of amides is 1. The average Bonchev–Trinajstić information content (AvgIpc) is 2.27. The van der Waals surface area contributed by atoms with E-state index in [0.717, 1.165) is 0 Å². The molecule has 0 fully saturated rings. The number of aromatic nitrogens is 1. The van der Waals surface area contributed by atoms with E-state index in [1.807, 2.05) is 0 Å². The van der Waals surface area contributed by atoms with Crippen LogP contribution in [0.2, 0.25) is 0 Å². The first-order valence-corrected chi connectivity index (χ1v) is 5.40. The van der Waals surface area contributed by atoms with Gasteiger partial charge in [0.05, 0.1) is 0 Å². The molecule has 1 aliphatic rings. The summed E-state index contributed by atoms with van der Waals surface area (Å²) in [6, 6.07) is 0.144. The Balaban J connectivity index is 2.31. The van der Waals surface area contributed by atoms with Crippen LogP contribution in [0.15, 0.2) is 16.7 Å². The van der Waals surface area contributed by atoms with Gasteiger partial charge in [-0.15, -0.1) is 0 Å². The first-order chi connectivity index (χ1) is 7.99. The molecule has 2 unspecified atom stereocenters. The van der Waals surface area contributed by atoms with Crippen LogP contribution in [0, 0.1) is 0 Å². The van der Waals surface area contributed by atoms with Crippen LogP contribution in [0.5, 0.6) is 5.75 Å². The summed E-state index contributed by atoms with van der Waals surface area (Å²) in [4.78, 5) is 26.2. The Bertz CT molecular complexity index is 493. The van der Waals surface area contributed by atoms with Gasteiger partial charge in [-0.1, -0.05) is 0 Å². The molecular weight excluding hydrogens is 294 g/mol. The molecule has 7 nitrogen and oxygen atoms in total. The Hall–Kier alpha value is -1.67. The highest BCUT2D eigenvalue weighted by Gasteiger charge is 2.37. The largest absolute Gasteiger partial charge is 0.480 e. The molecule has 90 valence electrons. The zero-order valence-electron chi connectivity index (χ0n) is 8.38. The lowest BCUT2D eigenvalue weighted by Crippen LogP contribution is -2.53. The molecule has 0 saturated heterocycles. The molecule has 0 aliphatic carbocycles. The lowest BCUT2D eigenvalue weighted by Gasteiger charge is -2.27. The predicted molar refractivity (Wildman–Crippen MR) is 60.6 cm³/mol. The van der Waals surface area contributed by atoms with E-state index in [1.54, 1.807) is 6.07 Å². The van der Waals surface area contributed by atoms with Crippen LogP contribution in [-0.2, 0) is 9.59 Å². The summed E-state index contributed by atoms with van der Waals surface area (Å²) >= 11 is 3.19. The van der Waals surface area contributed by atoms with Crippen LogP contribution in [0.3, 0.4) is 0 Å². The molecule has 1 amide bonds. The number of carbonyl (C=O) groups excluding carboxylic acids is 1. The Labute approximate surface area is 104 Å². The Morgan fingerprint density at radius 3 is 3.06 bits per heavy atom. The fourth-order valence-electron chi connectivity index (χ4n) is 1.35. The fourth-order valence-corrected chi connectivity index (χ4v) is 1.66. The smallest absolute Gasteiger partial charge is 0.324 e. The van der Waals surface area contributed by atoms with Crippen molar-refractivity contribution in [1.82, 2.24) is 4.98 Å². The number of nitrogens with two attached hydrogens (primary N) is 1. The molecule has 1 aromatic rings. The number of rotatable bonds is 2. The highest BCUT2D eigenvalue weighted by atomic mass is 79.9. The minimum absolute atomic E-state index is 0.243. The quantitative estimate of drug-likeness (QED) is 0.706. The summed E-state index contributed by atoms with van der Waals surface area (Å²) in [5.74, 6) is -1.41. The first-order valence-electron chi connectivity index (χ1n) is 4.60. The molecular formula is C9H8BrN3O4. The van der Waals surface area contributed by atoms with Gasteiger partial charge in [-0.05, 0) is 22.0 Å². The summed E-state index contributed by atoms with van der Waals surface area (Å²) in [7, 11) is 0. The summed E-state index contributed by atoms with van der Waals surface area (Å²) < 4.78 is 5.89. The minimum atomic E-state index is -1.43. The Morgan fingerprint density at radius 2 is 2.41 bits per heavy atom. The molecule has 0 saturated carbocycles. The van der Waals surface area contributed by atoms with Gasteiger partial charge in [-0.25, -0.2) is 4.98 Å². The van der Waals surface area contributed by atoms with Crippen molar-refractivity contribution in [1.29, 1.82) is 0 Å². The van der Waals surface area contributed by atoms with Crippen molar-refractivity contribution in [2.45, 2.75) is 12.1 Å². The van der Waals surface area contributed by atoms with Crippen molar-refractivity contribution in [2.75, 3.05) is 5.32 Å². The van der Waals surface area contributed by atoms with E-state index in [-0.39, 0.29) is 11.6 Å². The van der Waals surface area contributed by atoms with E-state index in [9.17, 15) is 9.59 Å². The van der Waals surface area contributed by atoms with E-state index in [4.69, 9.17) is 15.6 Å². The number of carboxylic acids is 1. The molecule has 0 aromatic carbocycles. The molecule has 0 bridgehead atoms. The van der Waals surface area contributed by atoms with Gasteiger partial charge in [-0.2, -0.15) is 0 Å². The Kier molecular flexibility index (Phi) is 2.99. The van der Waals surface area contributed by atoms with Crippen LogP contribution >= 0.6 is 15.9 Å². The summed E-state index contributed by atoms with van der Waals surface area (Å²) in [6.07, 6.45) is 0.219. The van der Waals surface area contributed by atoms with Gasteiger partial charge in [-0.3, -0.25) is 9.59 Å². The molecule has 1 aliphatic heterocycles. The van der Waals surface area contributed by atoms with Crippen LogP contribution in [0.1, 0.15) is 0 Å². The maximum absolute atomic E-state index is 11.6. The van der Waals surface area contributed by atoms with Crippen molar-refractivity contribution in [3.63, 3.8) is 0 Å².